The van der Waals surface area contributed by atoms with Crippen LogP contribution in [0.25, 0.3) is 6.08 Å². The summed E-state index contributed by atoms with van der Waals surface area (Å²) in [7, 11) is -1.40. The summed E-state index contributed by atoms with van der Waals surface area (Å²) in [5.41, 5.74) is 1.34. The van der Waals surface area contributed by atoms with Crippen LogP contribution >= 0.6 is 7.82 Å². The van der Waals surface area contributed by atoms with E-state index in [0.29, 0.717) is 52.7 Å². The maximum absolute atomic E-state index is 13.0. The van der Waals surface area contributed by atoms with Crippen molar-refractivity contribution in [3.05, 3.63) is 46.9 Å². The van der Waals surface area contributed by atoms with Crippen molar-refractivity contribution in [2.75, 3.05) is 66.7 Å². The molecule has 2 aromatic carbocycles. The third-order valence-corrected chi connectivity index (χ3v) is 8.81. The van der Waals surface area contributed by atoms with E-state index in [-0.39, 0.29) is 38.7 Å². The molecule has 0 saturated carbocycles. The van der Waals surface area contributed by atoms with Gasteiger partial charge in [-0.2, -0.15) is 0 Å². The predicted octanol–water partition coefficient (Wildman–Crippen LogP) is 5.24. The quantitative estimate of drug-likeness (QED) is 0.106. The number of anilines is 1. The lowest BCUT2D eigenvalue weighted by Crippen LogP contribution is -2.18. The molecular weight excluding hydrogens is 617 g/mol. The predicted molar refractivity (Wildman–Crippen MR) is 166 cm³/mol. The highest BCUT2D eigenvalue weighted by atomic mass is 32.2. The number of phosphoric acid groups is 1. The van der Waals surface area contributed by atoms with E-state index in [4.69, 9.17) is 37.3 Å². The second kappa shape index (κ2) is 18.5. The Bertz CT molecular complexity index is 1360. The van der Waals surface area contributed by atoms with Gasteiger partial charge in [0.25, 0.3) is 0 Å². The lowest BCUT2D eigenvalue weighted by Gasteiger charge is -2.16. The standard InChI is InChI=1S/C29H42NO12PS/c1-7-40-43(32,41-8-2)42-15-10-9-14-39-29(31)20-30-25-17-22(11-12-26(25)36-4)21-44(33,34)16-13-24-27(37-5)18-23(35-3)19-28(24)38-6/h11-13,16-19,30H,7-10,14-15,20-21H2,1-6H3/b16-13+. The van der Waals surface area contributed by atoms with Gasteiger partial charge in [0.2, 0.25) is 0 Å². The van der Waals surface area contributed by atoms with Gasteiger partial charge in [-0.1, -0.05) is 6.07 Å². The number of hydrogen-bond donors (Lipinski definition) is 1. The van der Waals surface area contributed by atoms with Gasteiger partial charge < -0.3 is 29.0 Å². The Morgan fingerprint density at radius 3 is 2.02 bits per heavy atom. The fraction of sp³-hybridized carbons (Fsp3) is 0.483. The molecule has 2 rings (SSSR count). The van der Waals surface area contributed by atoms with Crippen molar-refractivity contribution in [2.24, 2.45) is 0 Å². The number of rotatable bonds is 21. The molecule has 0 aliphatic carbocycles. The second-order valence-corrected chi connectivity index (χ2v) is 12.5. The highest BCUT2D eigenvalue weighted by Crippen LogP contribution is 2.49. The molecule has 15 heteroatoms. The Hall–Kier alpha value is -3.29. The number of carbonyl (C=O) groups excluding carboxylic acids is 1. The summed E-state index contributed by atoms with van der Waals surface area (Å²) in [6.45, 7) is 3.84. The molecule has 0 unspecified atom stereocenters. The minimum Gasteiger partial charge on any atom is -0.496 e. The minimum absolute atomic E-state index is 0.121. The highest BCUT2D eigenvalue weighted by molar-refractivity contribution is 7.93. The largest absolute Gasteiger partial charge is 0.496 e. The fourth-order valence-corrected chi connectivity index (χ4v) is 6.14. The Labute approximate surface area is 259 Å². The monoisotopic (exact) mass is 659 g/mol. The van der Waals surface area contributed by atoms with Crippen LogP contribution in [0, 0.1) is 0 Å². The molecule has 0 heterocycles. The van der Waals surface area contributed by atoms with Crippen molar-refractivity contribution in [3.63, 3.8) is 0 Å². The van der Waals surface area contributed by atoms with E-state index in [0.717, 1.165) is 5.41 Å². The molecule has 13 nitrogen and oxygen atoms in total. The Morgan fingerprint density at radius 1 is 0.841 bits per heavy atom. The average molecular weight is 660 g/mol. The lowest BCUT2D eigenvalue weighted by atomic mass is 10.1. The van der Waals surface area contributed by atoms with Crippen LogP contribution in [0.3, 0.4) is 0 Å². The third kappa shape index (κ3) is 12.0. The molecule has 0 atom stereocenters. The van der Waals surface area contributed by atoms with Crippen LogP contribution in [0.15, 0.2) is 35.7 Å². The minimum atomic E-state index is -3.73. The van der Waals surface area contributed by atoms with E-state index in [1.165, 1.54) is 34.5 Å². The number of esters is 1. The number of phosphoric ester groups is 1. The number of sulfone groups is 1. The summed E-state index contributed by atoms with van der Waals surface area (Å²) >= 11 is 0. The molecular formula is C29H42NO12PS. The zero-order valence-electron chi connectivity index (χ0n) is 26.0. The number of ether oxygens (including phenoxy) is 5. The van der Waals surface area contributed by atoms with Crippen LogP contribution in [0.1, 0.15) is 37.8 Å². The molecule has 0 amide bonds. The molecule has 0 bridgehead atoms. The Kier molecular flexibility index (Phi) is 15.5. The van der Waals surface area contributed by atoms with E-state index < -0.39 is 23.6 Å². The Balaban J connectivity index is 1.96. The van der Waals surface area contributed by atoms with Crippen molar-refractivity contribution >= 4 is 35.4 Å². The van der Waals surface area contributed by atoms with Gasteiger partial charge in [0.05, 0.1) is 71.9 Å². The van der Waals surface area contributed by atoms with E-state index in [1.807, 2.05) is 0 Å². The lowest BCUT2D eigenvalue weighted by molar-refractivity contribution is -0.141. The molecule has 0 saturated heterocycles. The van der Waals surface area contributed by atoms with Crippen molar-refractivity contribution in [1.82, 2.24) is 0 Å². The number of benzene rings is 2. The molecule has 2 aromatic rings. The number of methoxy groups -OCH3 is 4. The zero-order valence-corrected chi connectivity index (χ0v) is 27.7. The highest BCUT2D eigenvalue weighted by Gasteiger charge is 2.24. The first-order valence-corrected chi connectivity index (χ1v) is 17.0. The van der Waals surface area contributed by atoms with E-state index >= 15 is 0 Å². The summed E-state index contributed by atoms with van der Waals surface area (Å²) in [5.74, 6) is 0.863. The van der Waals surface area contributed by atoms with Gasteiger partial charge in [-0.25, -0.2) is 13.0 Å². The molecule has 0 aliphatic rings. The van der Waals surface area contributed by atoms with E-state index in [1.54, 1.807) is 44.2 Å². The second-order valence-electron chi connectivity index (χ2n) is 8.99. The average Bonchev–Trinajstić information content (AvgIpc) is 3.00. The zero-order chi connectivity index (χ0) is 32.6. The first-order valence-electron chi connectivity index (χ1n) is 13.8. The van der Waals surface area contributed by atoms with E-state index in [9.17, 15) is 17.8 Å². The molecule has 44 heavy (non-hydrogen) atoms. The van der Waals surface area contributed by atoms with Gasteiger partial charge in [0, 0.05) is 17.5 Å². The van der Waals surface area contributed by atoms with Gasteiger partial charge in [0.1, 0.15) is 29.5 Å². The van der Waals surface area contributed by atoms with Gasteiger partial charge in [0.15, 0.2) is 9.84 Å². The smallest absolute Gasteiger partial charge is 0.474 e. The Morgan fingerprint density at radius 2 is 1.45 bits per heavy atom. The van der Waals surface area contributed by atoms with Crippen LogP contribution in [-0.2, 0) is 43.3 Å². The summed E-state index contributed by atoms with van der Waals surface area (Å²) < 4.78 is 80.2. The summed E-state index contributed by atoms with van der Waals surface area (Å²) in [4.78, 5) is 12.3. The van der Waals surface area contributed by atoms with Crippen LogP contribution in [0.4, 0.5) is 5.69 Å². The van der Waals surface area contributed by atoms with Gasteiger partial charge in [-0.3, -0.25) is 18.4 Å². The topological polar surface area (TPSA) is 154 Å². The van der Waals surface area contributed by atoms with Crippen molar-refractivity contribution in [2.45, 2.75) is 32.4 Å². The number of nitrogens with one attached hydrogen (secondary N) is 1. The van der Waals surface area contributed by atoms with Crippen LogP contribution < -0.4 is 24.3 Å². The molecule has 0 spiro atoms. The summed E-state index contributed by atoms with van der Waals surface area (Å²) in [6, 6.07) is 8.09. The van der Waals surface area contributed by atoms with Crippen LogP contribution in [-0.4, -0.2) is 75.8 Å². The van der Waals surface area contributed by atoms with Crippen molar-refractivity contribution in [3.8, 4) is 23.0 Å². The van der Waals surface area contributed by atoms with Crippen LogP contribution in [0.2, 0.25) is 0 Å². The first kappa shape index (κ1) is 36.9. The SMILES string of the molecule is CCOP(=O)(OCC)OCCCCOC(=O)CNc1cc(CS(=O)(=O)/C=C/c2c(OC)cc(OC)cc2OC)ccc1OC. The molecule has 0 fully saturated rings. The van der Waals surface area contributed by atoms with Gasteiger partial charge >= 0.3 is 13.8 Å². The van der Waals surface area contributed by atoms with Gasteiger partial charge in [-0.15, -0.1) is 0 Å². The first-order chi connectivity index (χ1) is 21.0. The summed E-state index contributed by atoms with van der Waals surface area (Å²) in [5, 5.41) is 4.03. The van der Waals surface area contributed by atoms with E-state index in [2.05, 4.69) is 5.32 Å². The number of hydrogen-bond acceptors (Lipinski definition) is 13. The molecule has 1 N–H and O–H groups in total. The molecule has 246 valence electrons. The maximum Gasteiger partial charge on any atom is 0.474 e. The molecule has 0 radical (unpaired) electrons. The normalized spacial score (nSPS) is 11.8. The van der Waals surface area contributed by atoms with Gasteiger partial charge in [-0.05, 0) is 50.5 Å². The fourth-order valence-electron chi connectivity index (χ4n) is 3.85. The van der Waals surface area contributed by atoms with Crippen LogP contribution in [0.5, 0.6) is 23.0 Å². The summed E-state index contributed by atoms with van der Waals surface area (Å²) in [6.07, 6.45) is 2.36. The van der Waals surface area contributed by atoms with Crippen molar-refractivity contribution in [1.29, 1.82) is 0 Å². The number of unbranched alkanes of at least 4 members (excludes halogenated alkanes) is 1. The molecule has 0 aromatic heterocycles. The maximum atomic E-state index is 13.0. The number of carbonyl (C=O) groups is 1. The van der Waals surface area contributed by atoms with Crippen molar-refractivity contribution < 1.29 is 55.0 Å². The molecule has 0 aliphatic heterocycles. The third-order valence-electron chi connectivity index (χ3n) is 5.88.